The molecule has 2 aromatic heterocycles. The van der Waals surface area contributed by atoms with Crippen molar-refractivity contribution in [2.45, 2.75) is 58.7 Å². The van der Waals surface area contributed by atoms with Crippen LogP contribution in [0.5, 0.6) is 0 Å². The highest BCUT2D eigenvalue weighted by atomic mass is 16.2. The van der Waals surface area contributed by atoms with Gasteiger partial charge in [-0.2, -0.15) is 0 Å². The van der Waals surface area contributed by atoms with Crippen molar-refractivity contribution in [2.24, 2.45) is 5.92 Å². The molecule has 7 nitrogen and oxygen atoms in total. The molecule has 1 unspecified atom stereocenters. The summed E-state index contributed by atoms with van der Waals surface area (Å²) in [6.07, 6.45) is 7.68. The number of imidazole rings is 1. The molecule has 0 spiro atoms. The van der Waals surface area contributed by atoms with Crippen molar-refractivity contribution >= 4 is 22.7 Å². The number of benzene rings is 1. The molecule has 0 aliphatic carbocycles. The van der Waals surface area contributed by atoms with E-state index < -0.39 is 6.04 Å². The molecule has 3 N–H and O–H groups in total. The molecule has 1 aromatic carbocycles. The van der Waals surface area contributed by atoms with E-state index in [4.69, 9.17) is 0 Å². The van der Waals surface area contributed by atoms with E-state index in [1.807, 2.05) is 50.5 Å². The molecule has 30 heavy (non-hydrogen) atoms. The average molecular weight is 408 g/mol. The van der Waals surface area contributed by atoms with E-state index >= 15 is 0 Å². The second-order valence-corrected chi connectivity index (χ2v) is 8.30. The van der Waals surface area contributed by atoms with Gasteiger partial charge in [0.1, 0.15) is 11.9 Å². The van der Waals surface area contributed by atoms with Crippen LogP contribution in [0.1, 0.15) is 43.8 Å². The lowest BCUT2D eigenvalue weighted by Gasteiger charge is -2.19. The molecule has 1 aliphatic heterocycles. The molecular weight excluding hydrogens is 378 g/mol. The number of fused-ring (bicyclic) bond motifs is 2. The predicted octanol–water partition coefficient (Wildman–Crippen LogP) is 2.70. The number of nitrogens with one attached hydrogen (secondary N) is 3. The van der Waals surface area contributed by atoms with Gasteiger partial charge in [0.05, 0.1) is 12.2 Å². The first kappa shape index (κ1) is 20.2. The van der Waals surface area contributed by atoms with Crippen LogP contribution in [0, 0.1) is 5.92 Å². The maximum atomic E-state index is 13.0. The van der Waals surface area contributed by atoms with Crippen LogP contribution in [0.15, 0.2) is 36.7 Å². The third-order valence-corrected chi connectivity index (χ3v) is 5.66. The lowest BCUT2D eigenvalue weighted by molar-refractivity contribution is -0.130. The summed E-state index contributed by atoms with van der Waals surface area (Å²) in [6.45, 7) is 5.00. The van der Waals surface area contributed by atoms with Gasteiger partial charge < -0.3 is 20.2 Å². The minimum absolute atomic E-state index is 0.132. The second kappa shape index (κ2) is 8.73. The molecule has 0 saturated carbocycles. The maximum absolute atomic E-state index is 13.0. The number of para-hydroxylation sites is 1. The number of aromatic nitrogens is 3. The Morgan fingerprint density at radius 1 is 1.20 bits per heavy atom. The third kappa shape index (κ3) is 4.40. The van der Waals surface area contributed by atoms with Crippen molar-refractivity contribution < 1.29 is 9.59 Å². The normalized spacial score (nSPS) is 14.5. The fourth-order valence-electron chi connectivity index (χ4n) is 3.93. The van der Waals surface area contributed by atoms with E-state index in [9.17, 15) is 9.59 Å². The minimum atomic E-state index is -0.642. The fraction of sp³-hybridized carbons (Fsp3) is 0.435. The summed E-state index contributed by atoms with van der Waals surface area (Å²) in [5.74, 6) is 0.574. The number of carbonyl (C=O) groups excluding carboxylic acids is 2. The summed E-state index contributed by atoms with van der Waals surface area (Å²) < 4.78 is 2.18. The van der Waals surface area contributed by atoms with Gasteiger partial charge in [-0.1, -0.05) is 32.0 Å². The zero-order valence-corrected chi connectivity index (χ0v) is 17.6. The number of amides is 2. The monoisotopic (exact) mass is 407 g/mol. The number of H-pyrrole nitrogens is 1. The van der Waals surface area contributed by atoms with Crippen molar-refractivity contribution in [3.63, 3.8) is 0 Å². The number of hydrogen-bond acceptors (Lipinski definition) is 3. The molecule has 1 aliphatic rings. The first-order chi connectivity index (χ1) is 14.5. The van der Waals surface area contributed by atoms with Crippen LogP contribution in [0.4, 0.5) is 0 Å². The number of nitrogens with zero attached hydrogens (tertiary/aromatic N) is 2. The number of carbonyl (C=O) groups is 2. The van der Waals surface area contributed by atoms with E-state index in [0.29, 0.717) is 13.0 Å². The van der Waals surface area contributed by atoms with E-state index in [1.54, 1.807) is 0 Å². The van der Waals surface area contributed by atoms with Gasteiger partial charge >= 0.3 is 0 Å². The Morgan fingerprint density at radius 3 is 2.83 bits per heavy atom. The molecule has 158 valence electrons. The highest BCUT2D eigenvalue weighted by Crippen LogP contribution is 2.19. The van der Waals surface area contributed by atoms with Crippen LogP contribution >= 0.6 is 0 Å². The first-order valence-electron chi connectivity index (χ1n) is 10.7. The molecule has 0 radical (unpaired) electrons. The summed E-state index contributed by atoms with van der Waals surface area (Å²) in [5.41, 5.74) is 2.89. The minimum Gasteiger partial charge on any atom is -0.361 e. The van der Waals surface area contributed by atoms with Crippen LogP contribution < -0.4 is 10.6 Å². The Kier molecular flexibility index (Phi) is 5.88. The predicted molar refractivity (Wildman–Crippen MR) is 116 cm³/mol. The van der Waals surface area contributed by atoms with Gasteiger partial charge in [-0.3, -0.25) is 9.59 Å². The Morgan fingerprint density at radius 2 is 2.03 bits per heavy atom. The van der Waals surface area contributed by atoms with Gasteiger partial charge in [0.15, 0.2) is 0 Å². The van der Waals surface area contributed by atoms with Crippen molar-refractivity contribution in [1.82, 2.24) is 25.2 Å². The van der Waals surface area contributed by atoms with E-state index in [0.717, 1.165) is 47.4 Å². The molecule has 0 saturated heterocycles. The highest BCUT2D eigenvalue weighted by molar-refractivity contribution is 5.90. The van der Waals surface area contributed by atoms with Gasteiger partial charge in [0, 0.05) is 48.6 Å². The SMILES string of the molecule is CC(C)C(=O)NC(Cc1c[nH]c2ccccc12)C(=O)NCc1cn2c(n1)CCCC2. The van der Waals surface area contributed by atoms with Crippen LogP contribution in [-0.4, -0.2) is 32.4 Å². The van der Waals surface area contributed by atoms with E-state index in [2.05, 4.69) is 25.2 Å². The Labute approximate surface area is 176 Å². The van der Waals surface area contributed by atoms with Gasteiger partial charge in [0.25, 0.3) is 0 Å². The lowest BCUT2D eigenvalue weighted by atomic mass is 10.0. The van der Waals surface area contributed by atoms with Gasteiger partial charge in [-0.25, -0.2) is 4.98 Å². The molecule has 3 heterocycles. The van der Waals surface area contributed by atoms with Gasteiger partial charge in [-0.05, 0) is 24.5 Å². The number of rotatable bonds is 7. The van der Waals surface area contributed by atoms with Crippen molar-refractivity contribution in [1.29, 1.82) is 0 Å². The molecule has 0 bridgehead atoms. The van der Waals surface area contributed by atoms with Gasteiger partial charge in [-0.15, -0.1) is 0 Å². The zero-order chi connectivity index (χ0) is 21.1. The Balaban J connectivity index is 1.47. The summed E-state index contributed by atoms with van der Waals surface area (Å²) in [6, 6.07) is 7.33. The third-order valence-electron chi connectivity index (χ3n) is 5.66. The largest absolute Gasteiger partial charge is 0.361 e. The highest BCUT2D eigenvalue weighted by Gasteiger charge is 2.24. The summed E-state index contributed by atoms with van der Waals surface area (Å²) in [7, 11) is 0. The molecular formula is C23H29N5O2. The van der Waals surface area contributed by atoms with Crippen LogP contribution in [-0.2, 0) is 35.5 Å². The average Bonchev–Trinajstić information content (AvgIpc) is 3.35. The quantitative estimate of drug-likeness (QED) is 0.562. The molecule has 2 amide bonds. The number of hydrogen-bond donors (Lipinski definition) is 3. The first-order valence-corrected chi connectivity index (χ1v) is 10.7. The fourth-order valence-corrected chi connectivity index (χ4v) is 3.93. The number of aromatic amines is 1. The van der Waals surface area contributed by atoms with E-state index in [1.165, 1.54) is 6.42 Å². The van der Waals surface area contributed by atoms with Crippen molar-refractivity contribution in [2.75, 3.05) is 0 Å². The van der Waals surface area contributed by atoms with E-state index in [-0.39, 0.29) is 17.7 Å². The lowest BCUT2D eigenvalue weighted by Crippen LogP contribution is -2.49. The Bertz CT molecular complexity index is 1030. The molecule has 3 aromatic rings. The second-order valence-electron chi connectivity index (χ2n) is 8.30. The summed E-state index contributed by atoms with van der Waals surface area (Å²) >= 11 is 0. The maximum Gasteiger partial charge on any atom is 0.243 e. The zero-order valence-electron chi connectivity index (χ0n) is 17.6. The summed E-state index contributed by atoms with van der Waals surface area (Å²) in [5, 5.41) is 6.95. The smallest absolute Gasteiger partial charge is 0.243 e. The van der Waals surface area contributed by atoms with Crippen molar-refractivity contribution in [3.8, 4) is 0 Å². The molecule has 7 heteroatoms. The molecule has 4 rings (SSSR count). The van der Waals surface area contributed by atoms with Crippen LogP contribution in [0.2, 0.25) is 0 Å². The topological polar surface area (TPSA) is 91.8 Å². The Hall–Kier alpha value is -3.09. The standard InChI is InChI=1S/C23H29N5O2/c1-15(2)22(29)27-20(11-16-12-24-19-8-4-3-7-18(16)19)23(30)25-13-17-14-28-10-6-5-9-21(28)26-17/h3-4,7-8,12,14-15,20,24H,5-6,9-11,13H2,1-2H3,(H,25,30)(H,27,29). The molecule has 0 fully saturated rings. The molecule has 1 atom stereocenters. The van der Waals surface area contributed by atoms with Crippen LogP contribution in [0.3, 0.4) is 0 Å². The van der Waals surface area contributed by atoms with Crippen molar-refractivity contribution in [3.05, 3.63) is 53.7 Å². The van der Waals surface area contributed by atoms with Gasteiger partial charge in [0.2, 0.25) is 11.8 Å². The number of aryl methyl sites for hydroxylation is 2. The van der Waals surface area contributed by atoms with Crippen LogP contribution in [0.25, 0.3) is 10.9 Å². The summed E-state index contributed by atoms with van der Waals surface area (Å²) in [4.78, 5) is 33.2.